The van der Waals surface area contributed by atoms with Crippen LogP contribution in [0.1, 0.15) is 6.92 Å². The van der Waals surface area contributed by atoms with Crippen LogP contribution in [-0.2, 0) is 0 Å². The first-order valence-corrected chi connectivity index (χ1v) is 6.81. The lowest BCUT2D eigenvalue weighted by atomic mass is 10.2. The number of aromatic nitrogens is 2. The summed E-state index contributed by atoms with van der Waals surface area (Å²) in [4.78, 5) is 9.57. The lowest BCUT2D eigenvalue weighted by Crippen LogP contribution is -2.04. The zero-order valence-corrected chi connectivity index (χ0v) is 10.5. The maximum Gasteiger partial charge on any atom is 0.190 e. The Morgan fingerprint density at radius 2 is 2.38 bits per heavy atom. The van der Waals surface area contributed by atoms with Gasteiger partial charge in [0, 0.05) is 12.4 Å². The first-order chi connectivity index (χ1) is 7.70. The molecule has 0 saturated heterocycles. The Labute approximate surface area is 102 Å². The number of thioether (sulfide) groups is 1. The molecular weight excluding hydrogens is 242 g/mol. The van der Waals surface area contributed by atoms with E-state index in [-0.39, 0.29) is 12.5 Å². The van der Waals surface area contributed by atoms with Crippen molar-refractivity contribution in [2.75, 3.05) is 18.1 Å². The third-order valence-electron chi connectivity index (χ3n) is 2.14. The van der Waals surface area contributed by atoms with Crippen LogP contribution >= 0.6 is 23.1 Å². The summed E-state index contributed by atoms with van der Waals surface area (Å²) in [6, 6.07) is 1.93. The molecular formula is C10H13N3OS2. The van der Waals surface area contributed by atoms with Crippen molar-refractivity contribution in [2.45, 2.75) is 12.1 Å². The summed E-state index contributed by atoms with van der Waals surface area (Å²) in [6.45, 7) is 2.17. The zero-order chi connectivity index (χ0) is 11.5. The second-order valence-corrected chi connectivity index (χ2v) is 5.51. The molecule has 2 heterocycles. The molecule has 0 fully saturated rings. The Balaban J connectivity index is 2.18. The van der Waals surface area contributed by atoms with E-state index in [9.17, 15) is 0 Å². The van der Waals surface area contributed by atoms with Crippen LogP contribution in [0.25, 0.3) is 10.2 Å². The van der Waals surface area contributed by atoms with E-state index in [1.54, 1.807) is 11.3 Å². The monoisotopic (exact) mass is 255 g/mol. The van der Waals surface area contributed by atoms with Gasteiger partial charge in [0.2, 0.25) is 0 Å². The number of hydrogen-bond donors (Lipinski definition) is 2. The molecule has 16 heavy (non-hydrogen) atoms. The van der Waals surface area contributed by atoms with Crippen LogP contribution in [-0.4, -0.2) is 27.4 Å². The smallest absolute Gasteiger partial charge is 0.190 e. The van der Waals surface area contributed by atoms with E-state index in [2.05, 4.69) is 9.97 Å². The van der Waals surface area contributed by atoms with Gasteiger partial charge in [-0.05, 0) is 17.4 Å². The number of hydrogen-bond acceptors (Lipinski definition) is 6. The van der Waals surface area contributed by atoms with Crippen molar-refractivity contribution in [3.05, 3.63) is 11.4 Å². The average Bonchev–Trinajstić information content (AvgIpc) is 2.74. The van der Waals surface area contributed by atoms with E-state index < -0.39 is 0 Å². The summed E-state index contributed by atoms with van der Waals surface area (Å²) in [5.74, 6) is 1.58. The molecule has 2 aromatic heterocycles. The van der Waals surface area contributed by atoms with Gasteiger partial charge in [0.15, 0.2) is 5.16 Å². The molecule has 4 nitrogen and oxygen atoms in total. The van der Waals surface area contributed by atoms with Crippen LogP contribution in [0.3, 0.4) is 0 Å². The normalized spacial score (nSPS) is 13.1. The van der Waals surface area contributed by atoms with Gasteiger partial charge in [-0.1, -0.05) is 18.7 Å². The summed E-state index contributed by atoms with van der Waals surface area (Å²) >= 11 is 3.09. The SMILES string of the molecule is CC(CO)CSc1nc(N)c2ccsc2n1. The van der Waals surface area contributed by atoms with E-state index in [0.717, 1.165) is 16.0 Å². The summed E-state index contributed by atoms with van der Waals surface area (Å²) in [6.07, 6.45) is 0. The minimum Gasteiger partial charge on any atom is -0.396 e. The van der Waals surface area contributed by atoms with Gasteiger partial charge < -0.3 is 10.8 Å². The molecule has 1 unspecified atom stereocenters. The number of rotatable bonds is 4. The highest BCUT2D eigenvalue weighted by molar-refractivity contribution is 7.99. The Kier molecular flexibility index (Phi) is 3.63. The number of nitrogens with two attached hydrogens (primary N) is 1. The zero-order valence-electron chi connectivity index (χ0n) is 8.88. The lowest BCUT2D eigenvalue weighted by Gasteiger charge is -2.06. The first-order valence-electron chi connectivity index (χ1n) is 4.95. The van der Waals surface area contributed by atoms with Gasteiger partial charge in [0.1, 0.15) is 10.6 Å². The Hall–Kier alpha value is -0.850. The molecule has 0 aromatic carbocycles. The molecule has 2 rings (SSSR count). The quantitative estimate of drug-likeness (QED) is 0.646. The van der Waals surface area contributed by atoms with Gasteiger partial charge in [-0.2, -0.15) is 0 Å². The predicted molar refractivity (Wildman–Crippen MR) is 68.8 cm³/mol. The number of anilines is 1. The molecule has 0 aliphatic carbocycles. The molecule has 6 heteroatoms. The molecule has 3 N–H and O–H groups in total. The van der Waals surface area contributed by atoms with Gasteiger partial charge in [0.25, 0.3) is 0 Å². The molecule has 0 radical (unpaired) electrons. The first kappa shape index (κ1) is 11.6. The second kappa shape index (κ2) is 4.99. The maximum atomic E-state index is 8.93. The largest absolute Gasteiger partial charge is 0.396 e. The van der Waals surface area contributed by atoms with Crippen LogP contribution in [0.15, 0.2) is 16.6 Å². The van der Waals surface area contributed by atoms with E-state index in [1.807, 2.05) is 18.4 Å². The molecule has 0 bridgehead atoms. The van der Waals surface area contributed by atoms with Crippen molar-refractivity contribution in [3.8, 4) is 0 Å². The van der Waals surface area contributed by atoms with E-state index >= 15 is 0 Å². The fourth-order valence-electron chi connectivity index (χ4n) is 1.19. The molecule has 0 amide bonds. The number of aliphatic hydroxyl groups is 1. The molecule has 2 aromatic rings. The van der Waals surface area contributed by atoms with Crippen LogP contribution in [0.2, 0.25) is 0 Å². The van der Waals surface area contributed by atoms with E-state index in [0.29, 0.717) is 11.0 Å². The van der Waals surface area contributed by atoms with E-state index in [4.69, 9.17) is 10.8 Å². The standard InChI is InChI=1S/C10H13N3OS2/c1-6(4-14)5-16-10-12-8(11)7-2-3-15-9(7)13-10/h2-3,6,14H,4-5H2,1H3,(H2,11,12,13). The number of nitrogen functional groups attached to an aromatic ring is 1. The summed E-state index contributed by atoms with van der Waals surface area (Å²) in [5, 5.41) is 12.5. The summed E-state index contributed by atoms with van der Waals surface area (Å²) < 4.78 is 0. The number of thiophene rings is 1. The predicted octanol–water partition coefficient (Wildman–Crippen LogP) is 1.99. The second-order valence-electron chi connectivity index (χ2n) is 3.63. The Morgan fingerprint density at radius 3 is 3.12 bits per heavy atom. The molecule has 1 atom stereocenters. The van der Waals surface area contributed by atoms with Crippen LogP contribution < -0.4 is 5.73 Å². The third kappa shape index (κ3) is 2.45. The Morgan fingerprint density at radius 1 is 1.56 bits per heavy atom. The number of nitrogens with zero attached hydrogens (tertiary/aromatic N) is 2. The van der Waals surface area contributed by atoms with Crippen molar-refractivity contribution in [2.24, 2.45) is 5.92 Å². The maximum absolute atomic E-state index is 8.93. The molecule has 0 aliphatic rings. The average molecular weight is 255 g/mol. The van der Waals surface area contributed by atoms with Gasteiger partial charge in [-0.15, -0.1) is 11.3 Å². The molecule has 0 spiro atoms. The third-order valence-corrected chi connectivity index (χ3v) is 4.13. The fourth-order valence-corrected chi connectivity index (χ4v) is 2.88. The van der Waals surface area contributed by atoms with Gasteiger partial charge in [0.05, 0.1) is 5.39 Å². The van der Waals surface area contributed by atoms with Crippen LogP contribution in [0, 0.1) is 5.92 Å². The highest BCUT2D eigenvalue weighted by atomic mass is 32.2. The van der Waals surface area contributed by atoms with Crippen molar-refractivity contribution < 1.29 is 5.11 Å². The summed E-state index contributed by atoms with van der Waals surface area (Å²) in [7, 11) is 0. The lowest BCUT2D eigenvalue weighted by molar-refractivity contribution is 0.250. The van der Waals surface area contributed by atoms with Crippen molar-refractivity contribution in [3.63, 3.8) is 0 Å². The molecule has 86 valence electrons. The van der Waals surface area contributed by atoms with Crippen LogP contribution in [0.5, 0.6) is 0 Å². The highest BCUT2D eigenvalue weighted by Crippen LogP contribution is 2.26. The minimum absolute atomic E-state index is 0.184. The van der Waals surface area contributed by atoms with Gasteiger partial charge in [-0.25, -0.2) is 9.97 Å². The number of aliphatic hydroxyl groups excluding tert-OH is 1. The van der Waals surface area contributed by atoms with Gasteiger partial charge in [-0.3, -0.25) is 0 Å². The highest BCUT2D eigenvalue weighted by Gasteiger charge is 2.08. The van der Waals surface area contributed by atoms with Crippen molar-refractivity contribution in [1.82, 2.24) is 9.97 Å². The van der Waals surface area contributed by atoms with Crippen LogP contribution in [0.4, 0.5) is 5.82 Å². The van der Waals surface area contributed by atoms with Crippen molar-refractivity contribution >= 4 is 39.1 Å². The minimum atomic E-state index is 0.184. The topological polar surface area (TPSA) is 72.0 Å². The van der Waals surface area contributed by atoms with Gasteiger partial charge >= 0.3 is 0 Å². The molecule has 0 saturated carbocycles. The number of fused-ring (bicyclic) bond motifs is 1. The Bertz CT molecular complexity index is 486. The van der Waals surface area contributed by atoms with Crippen molar-refractivity contribution in [1.29, 1.82) is 0 Å². The fraction of sp³-hybridized carbons (Fsp3) is 0.400. The van der Waals surface area contributed by atoms with E-state index in [1.165, 1.54) is 11.8 Å². The summed E-state index contributed by atoms with van der Waals surface area (Å²) in [5.41, 5.74) is 5.83. The molecule has 0 aliphatic heterocycles.